The van der Waals surface area contributed by atoms with Gasteiger partial charge in [0.25, 0.3) is 0 Å². The minimum atomic E-state index is -0.391. The third-order valence-electron chi connectivity index (χ3n) is 3.16. The molecule has 0 aliphatic carbocycles. The minimum Gasteiger partial charge on any atom is -0.468 e. The molecule has 4 heteroatoms. The molecule has 2 unspecified atom stereocenters. The molecule has 0 aliphatic heterocycles. The first-order chi connectivity index (χ1) is 8.99. The molecular weight excluding hydrogens is 245 g/mol. The lowest BCUT2D eigenvalue weighted by molar-refractivity contribution is -0.144. The van der Waals surface area contributed by atoms with Gasteiger partial charge in [0.1, 0.15) is 11.9 Å². The van der Waals surface area contributed by atoms with Gasteiger partial charge in [-0.05, 0) is 30.0 Å². The number of nitrogens with one attached hydrogen (secondary N) is 1. The molecule has 0 saturated carbocycles. The van der Waals surface area contributed by atoms with E-state index in [9.17, 15) is 9.18 Å². The second kappa shape index (κ2) is 7.24. The van der Waals surface area contributed by atoms with Crippen LogP contribution in [0.1, 0.15) is 38.8 Å². The smallest absolute Gasteiger partial charge is 0.323 e. The summed E-state index contributed by atoms with van der Waals surface area (Å²) in [6, 6.07) is 5.99. The van der Waals surface area contributed by atoms with E-state index >= 15 is 0 Å². The monoisotopic (exact) mass is 267 g/mol. The molecule has 1 aromatic rings. The Kier molecular flexibility index (Phi) is 5.96. The van der Waals surface area contributed by atoms with Crippen molar-refractivity contribution >= 4 is 5.97 Å². The van der Waals surface area contributed by atoms with E-state index in [0.717, 1.165) is 12.0 Å². The predicted octanol–water partition coefficient (Wildman–Crippen LogP) is 3.06. The highest BCUT2D eigenvalue weighted by molar-refractivity contribution is 5.76. The van der Waals surface area contributed by atoms with Crippen LogP contribution in [0, 0.1) is 11.7 Å². The molecule has 1 rings (SSSR count). The molecule has 106 valence electrons. The van der Waals surface area contributed by atoms with Crippen LogP contribution in [0.25, 0.3) is 0 Å². The molecule has 0 heterocycles. The van der Waals surface area contributed by atoms with Gasteiger partial charge in [-0.3, -0.25) is 10.1 Å². The highest BCUT2D eigenvalue weighted by Gasteiger charge is 2.25. The van der Waals surface area contributed by atoms with Crippen LogP contribution in [0.4, 0.5) is 4.39 Å². The van der Waals surface area contributed by atoms with E-state index in [1.54, 1.807) is 6.07 Å². The summed E-state index contributed by atoms with van der Waals surface area (Å²) < 4.78 is 18.1. The Labute approximate surface area is 114 Å². The zero-order valence-corrected chi connectivity index (χ0v) is 11.9. The van der Waals surface area contributed by atoms with Crippen molar-refractivity contribution in [2.75, 3.05) is 7.11 Å². The first-order valence-electron chi connectivity index (χ1n) is 6.58. The summed E-state index contributed by atoms with van der Waals surface area (Å²) >= 11 is 0. The van der Waals surface area contributed by atoms with Gasteiger partial charge in [0.05, 0.1) is 7.11 Å². The summed E-state index contributed by atoms with van der Waals surface area (Å²) in [5.41, 5.74) is 0.844. The summed E-state index contributed by atoms with van der Waals surface area (Å²) in [6.45, 7) is 5.90. The number of ether oxygens (including phenoxy) is 1. The lowest BCUT2D eigenvalue weighted by Crippen LogP contribution is -2.43. The summed E-state index contributed by atoms with van der Waals surface area (Å²) in [6.07, 6.45) is 0.768. The molecule has 0 fully saturated rings. The first kappa shape index (κ1) is 15.6. The molecular formula is C15H22FNO2. The maximum absolute atomic E-state index is 13.3. The Hall–Kier alpha value is -1.42. The second-order valence-electron chi connectivity index (χ2n) is 4.93. The number of halogens is 1. The lowest BCUT2D eigenvalue weighted by atomic mass is 9.99. The average Bonchev–Trinajstić information content (AvgIpc) is 2.38. The molecule has 2 atom stereocenters. The van der Waals surface area contributed by atoms with Crippen molar-refractivity contribution in [3.8, 4) is 0 Å². The molecule has 1 N–H and O–H groups in total. The van der Waals surface area contributed by atoms with Crippen LogP contribution in [0.5, 0.6) is 0 Å². The van der Waals surface area contributed by atoms with E-state index in [1.807, 2.05) is 26.8 Å². The zero-order valence-electron chi connectivity index (χ0n) is 11.9. The Balaban J connectivity index is 2.88. The molecule has 0 amide bonds. The molecule has 3 nitrogen and oxygen atoms in total. The van der Waals surface area contributed by atoms with Crippen LogP contribution in [0.15, 0.2) is 24.3 Å². The summed E-state index contributed by atoms with van der Waals surface area (Å²) in [7, 11) is 1.38. The van der Waals surface area contributed by atoms with Crippen molar-refractivity contribution < 1.29 is 13.9 Å². The molecule has 0 radical (unpaired) electrons. The van der Waals surface area contributed by atoms with Crippen LogP contribution >= 0.6 is 0 Å². The second-order valence-corrected chi connectivity index (χ2v) is 4.93. The number of rotatable bonds is 6. The topological polar surface area (TPSA) is 38.3 Å². The molecule has 0 aromatic heterocycles. The Morgan fingerprint density at radius 2 is 2.11 bits per heavy atom. The van der Waals surface area contributed by atoms with Crippen LogP contribution in [-0.4, -0.2) is 19.1 Å². The van der Waals surface area contributed by atoms with E-state index in [4.69, 9.17) is 4.74 Å². The molecule has 1 aromatic carbocycles. The van der Waals surface area contributed by atoms with Gasteiger partial charge in [-0.2, -0.15) is 0 Å². The normalized spacial score (nSPS) is 14.2. The van der Waals surface area contributed by atoms with E-state index in [0.29, 0.717) is 0 Å². The first-order valence-corrected chi connectivity index (χ1v) is 6.58. The fourth-order valence-electron chi connectivity index (χ4n) is 2.05. The quantitative estimate of drug-likeness (QED) is 0.805. The van der Waals surface area contributed by atoms with Crippen molar-refractivity contribution in [1.82, 2.24) is 5.32 Å². The summed E-state index contributed by atoms with van der Waals surface area (Å²) in [4.78, 5) is 11.7. The third kappa shape index (κ3) is 4.31. The summed E-state index contributed by atoms with van der Waals surface area (Å²) in [5.74, 6) is -0.447. The fraction of sp³-hybridized carbons (Fsp3) is 0.533. The van der Waals surface area contributed by atoms with Crippen molar-refractivity contribution in [3.63, 3.8) is 0 Å². The van der Waals surface area contributed by atoms with Gasteiger partial charge >= 0.3 is 5.97 Å². The van der Waals surface area contributed by atoms with Crippen LogP contribution < -0.4 is 5.32 Å². The largest absolute Gasteiger partial charge is 0.468 e. The number of hydrogen-bond donors (Lipinski definition) is 1. The molecule has 0 saturated heterocycles. The maximum atomic E-state index is 13.3. The summed E-state index contributed by atoms with van der Waals surface area (Å²) in [5, 5.41) is 3.26. The van der Waals surface area contributed by atoms with Gasteiger partial charge in [0.2, 0.25) is 0 Å². The predicted molar refractivity (Wildman–Crippen MR) is 73.2 cm³/mol. The van der Waals surface area contributed by atoms with Crippen LogP contribution in [0.3, 0.4) is 0 Å². The maximum Gasteiger partial charge on any atom is 0.323 e. The number of hydrogen-bond acceptors (Lipinski definition) is 3. The highest BCUT2D eigenvalue weighted by atomic mass is 19.1. The standard InChI is InChI=1S/C15H22FNO2/c1-5-13(11-7-6-8-12(16)9-11)17-14(10(2)3)15(18)19-4/h6-10,13-14,17H,5H2,1-4H3. The lowest BCUT2D eigenvalue weighted by Gasteiger charge is -2.26. The van der Waals surface area contributed by atoms with Crippen molar-refractivity contribution in [1.29, 1.82) is 0 Å². The van der Waals surface area contributed by atoms with Crippen molar-refractivity contribution in [3.05, 3.63) is 35.6 Å². The van der Waals surface area contributed by atoms with Gasteiger partial charge in [-0.15, -0.1) is 0 Å². The molecule has 0 aliphatic rings. The van der Waals surface area contributed by atoms with Crippen molar-refractivity contribution in [2.24, 2.45) is 5.92 Å². The Bertz CT molecular complexity index is 420. The van der Waals surface area contributed by atoms with Crippen LogP contribution in [-0.2, 0) is 9.53 Å². The van der Waals surface area contributed by atoms with E-state index in [2.05, 4.69) is 5.32 Å². The molecule has 19 heavy (non-hydrogen) atoms. The van der Waals surface area contributed by atoms with Gasteiger partial charge in [-0.1, -0.05) is 32.9 Å². The van der Waals surface area contributed by atoms with E-state index < -0.39 is 6.04 Å². The van der Waals surface area contributed by atoms with Gasteiger partial charge in [-0.25, -0.2) is 4.39 Å². The molecule has 0 bridgehead atoms. The third-order valence-corrected chi connectivity index (χ3v) is 3.16. The number of esters is 1. The van der Waals surface area contributed by atoms with Gasteiger partial charge < -0.3 is 4.74 Å². The van der Waals surface area contributed by atoms with E-state index in [1.165, 1.54) is 19.2 Å². The van der Waals surface area contributed by atoms with Crippen molar-refractivity contribution in [2.45, 2.75) is 39.3 Å². The number of carbonyl (C=O) groups is 1. The van der Waals surface area contributed by atoms with Gasteiger partial charge in [0.15, 0.2) is 0 Å². The molecule has 0 spiro atoms. The number of benzene rings is 1. The number of methoxy groups -OCH3 is 1. The van der Waals surface area contributed by atoms with Crippen LogP contribution in [0.2, 0.25) is 0 Å². The number of carbonyl (C=O) groups excluding carboxylic acids is 1. The Morgan fingerprint density at radius 3 is 2.58 bits per heavy atom. The Morgan fingerprint density at radius 1 is 1.42 bits per heavy atom. The SMILES string of the molecule is CCC(NC(C(=O)OC)C(C)C)c1cccc(F)c1. The average molecular weight is 267 g/mol. The van der Waals surface area contributed by atoms with E-state index in [-0.39, 0.29) is 23.7 Å². The zero-order chi connectivity index (χ0) is 14.4. The van der Waals surface area contributed by atoms with Gasteiger partial charge in [0, 0.05) is 6.04 Å². The minimum absolute atomic E-state index is 0.0674. The highest BCUT2D eigenvalue weighted by Crippen LogP contribution is 2.20. The fourth-order valence-corrected chi connectivity index (χ4v) is 2.05.